The van der Waals surface area contributed by atoms with E-state index in [4.69, 9.17) is 14.2 Å². The van der Waals surface area contributed by atoms with E-state index in [1.165, 1.54) is 0 Å². The van der Waals surface area contributed by atoms with Crippen LogP contribution in [-0.4, -0.2) is 78.2 Å². The van der Waals surface area contributed by atoms with Gasteiger partial charge in [0.25, 0.3) is 0 Å². The molecule has 0 radical (unpaired) electrons. The van der Waals surface area contributed by atoms with Gasteiger partial charge < -0.3 is 29.3 Å². The molecule has 2 heterocycles. The van der Waals surface area contributed by atoms with Crippen LogP contribution in [0.15, 0.2) is 0 Å². The van der Waals surface area contributed by atoms with E-state index in [0.29, 0.717) is 0 Å². The topological polar surface area (TPSA) is 71.4 Å². The largest absolute Gasteiger partial charge is 0.390 e. The molecule has 2 aliphatic heterocycles. The first-order chi connectivity index (χ1) is 9.79. The third kappa shape index (κ3) is 3.94. The molecule has 0 bridgehead atoms. The standard InChI is InChI=1S/C15H29NO5/c1-8-6-11(16(4)5)15(10(3)19-8)21-13-7-12(17)14(18)9(2)20-13/h8-15,17-18H,6-7H2,1-5H3. The van der Waals surface area contributed by atoms with Crippen LogP contribution in [0, 0.1) is 0 Å². The zero-order valence-electron chi connectivity index (χ0n) is 13.6. The molecule has 2 aliphatic rings. The fourth-order valence-corrected chi connectivity index (χ4v) is 3.28. The van der Waals surface area contributed by atoms with E-state index in [1.807, 2.05) is 21.0 Å². The molecule has 0 aromatic carbocycles. The summed E-state index contributed by atoms with van der Waals surface area (Å²) >= 11 is 0. The van der Waals surface area contributed by atoms with Gasteiger partial charge in [-0.3, -0.25) is 0 Å². The van der Waals surface area contributed by atoms with Gasteiger partial charge in [-0.2, -0.15) is 0 Å². The van der Waals surface area contributed by atoms with E-state index in [2.05, 4.69) is 11.8 Å². The summed E-state index contributed by atoms with van der Waals surface area (Å²) in [5, 5.41) is 19.6. The molecule has 0 spiro atoms. The van der Waals surface area contributed by atoms with Crippen molar-refractivity contribution in [3.63, 3.8) is 0 Å². The molecule has 0 aromatic heterocycles. The Hall–Kier alpha value is -0.240. The van der Waals surface area contributed by atoms with E-state index in [1.54, 1.807) is 6.92 Å². The fourth-order valence-electron chi connectivity index (χ4n) is 3.28. The van der Waals surface area contributed by atoms with Crippen LogP contribution >= 0.6 is 0 Å². The predicted molar refractivity (Wildman–Crippen MR) is 77.9 cm³/mol. The van der Waals surface area contributed by atoms with E-state index >= 15 is 0 Å². The van der Waals surface area contributed by atoms with Gasteiger partial charge in [-0.1, -0.05) is 0 Å². The Labute approximate surface area is 127 Å². The minimum absolute atomic E-state index is 0.0379. The van der Waals surface area contributed by atoms with Crippen molar-refractivity contribution in [3.05, 3.63) is 0 Å². The van der Waals surface area contributed by atoms with Crippen molar-refractivity contribution in [2.75, 3.05) is 14.1 Å². The molecule has 21 heavy (non-hydrogen) atoms. The molecular formula is C15H29NO5. The number of hydrogen-bond donors (Lipinski definition) is 2. The highest BCUT2D eigenvalue weighted by Crippen LogP contribution is 2.29. The molecule has 6 heteroatoms. The van der Waals surface area contributed by atoms with E-state index in [9.17, 15) is 10.2 Å². The van der Waals surface area contributed by atoms with Crippen LogP contribution in [0.5, 0.6) is 0 Å². The smallest absolute Gasteiger partial charge is 0.161 e. The van der Waals surface area contributed by atoms with Gasteiger partial charge in [0.2, 0.25) is 0 Å². The SMILES string of the molecule is CC1CC(N(C)C)C(OC2CC(O)C(O)C(C)O2)C(C)O1. The van der Waals surface area contributed by atoms with Crippen molar-refractivity contribution in [2.45, 2.75) is 82.6 Å². The summed E-state index contributed by atoms with van der Waals surface area (Å²) in [5.41, 5.74) is 0. The molecule has 0 aliphatic carbocycles. The van der Waals surface area contributed by atoms with Crippen molar-refractivity contribution >= 4 is 0 Å². The van der Waals surface area contributed by atoms with Gasteiger partial charge in [0.05, 0.1) is 24.4 Å². The maximum Gasteiger partial charge on any atom is 0.161 e. The summed E-state index contributed by atoms with van der Waals surface area (Å²) in [7, 11) is 4.07. The van der Waals surface area contributed by atoms with Crippen molar-refractivity contribution < 1.29 is 24.4 Å². The minimum Gasteiger partial charge on any atom is -0.390 e. The Kier molecular flexibility index (Phi) is 5.62. The van der Waals surface area contributed by atoms with Crippen molar-refractivity contribution in [1.29, 1.82) is 0 Å². The molecule has 0 saturated carbocycles. The number of hydrogen-bond acceptors (Lipinski definition) is 6. The summed E-state index contributed by atoms with van der Waals surface area (Å²) in [6.07, 6.45) is -1.38. The van der Waals surface area contributed by atoms with Gasteiger partial charge in [-0.15, -0.1) is 0 Å². The molecular weight excluding hydrogens is 274 g/mol. The lowest BCUT2D eigenvalue weighted by Crippen LogP contribution is -2.56. The maximum absolute atomic E-state index is 9.88. The first-order valence-corrected chi connectivity index (χ1v) is 7.78. The second-order valence-corrected chi connectivity index (χ2v) is 6.58. The number of ether oxygens (including phenoxy) is 3. The molecule has 6 nitrogen and oxygen atoms in total. The quantitative estimate of drug-likeness (QED) is 0.784. The van der Waals surface area contributed by atoms with E-state index < -0.39 is 24.6 Å². The highest BCUT2D eigenvalue weighted by atomic mass is 16.7. The third-order valence-corrected chi connectivity index (χ3v) is 4.51. The molecule has 2 N–H and O–H groups in total. The highest BCUT2D eigenvalue weighted by molar-refractivity contribution is 4.89. The van der Waals surface area contributed by atoms with Crippen LogP contribution in [0.4, 0.5) is 0 Å². The average molecular weight is 303 g/mol. The van der Waals surface area contributed by atoms with Gasteiger partial charge in [0.1, 0.15) is 12.2 Å². The van der Waals surface area contributed by atoms with Crippen LogP contribution in [0.25, 0.3) is 0 Å². The number of aliphatic hydroxyl groups excluding tert-OH is 2. The summed E-state index contributed by atoms with van der Waals surface area (Å²) in [4.78, 5) is 2.15. The first-order valence-electron chi connectivity index (χ1n) is 7.78. The van der Waals surface area contributed by atoms with Gasteiger partial charge in [0, 0.05) is 12.5 Å². The summed E-state index contributed by atoms with van der Waals surface area (Å²) < 4.78 is 17.6. The van der Waals surface area contributed by atoms with Crippen molar-refractivity contribution in [1.82, 2.24) is 4.90 Å². The third-order valence-electron chi connectivity index (χ3n) is 4.51. The molecule has 8 unspecified atom stereocenters. The normalized spacial score (nSPS) is 48.6. The molecule has 8 atom stereocenters. The van der Waals surface area contributed by atoms with Crippen molar-refractivity contribution in [3.8, 4) is 0 Å². The van der Waals surface area contributed by atoms with Crippen molar-refractivity contribution in [2.24, 2.45) is 0 Å². The lowest BCUT2D eigenvalue weighted by atomic mass is 9.95. The number of likely N-dealkylation sites (N-methyl/N-ethyl adjacent to an activating group) is 1. The van der Waals surface area contributed by atoms with E-state index in [0.717, 1.165) is 6.42 Å². The maximum atomic E-state index is 9.88. The molecule has 124 valence electrons. The minimum atomic E-state index is -0.852. The number of nitrogens with zero attached hydrogens (tertiary/aromatic N) is 1. The zero-order valence-corrected chi connectivity index (χ0v) is 13.6. The van der Waals surface area contributed by atoms with Gasteiger partial charge in [-0.25, -0.2) is 0 Å². The van der Waals surface area contributed by atoms with Gasteiger partial charge in [-0.05, 0) is 41.3 Å². The molecule has 2 rings (SSSR count). The summed E-state index contributed by atoms with van der Waals surface area (Å²) in [6.45, 7) is 5.83. The average Bonchev–Trinajstić information content (AvgIpc) is 2.38. The number of aliphatic hydroxyl groups is 2. The Morgan fingerprint density at radius 3 is 2.24 bits per heavy atom. The zero-order chi connectivity index (χ0) is 15.7. The molecule has 2 saturated heterocycles. The second kappa shape index (κ2) is 6.89. The van der Waals surface area contributed by atoms with Gasteiger partial charge in [0.15, 0.2) is 6.29 Å². The molecule has 0 amide bonds. The summed E-state index contributed by atoms with van der Waals surface area (Å²) in [5.74, 6) is 0. The van der Waals surface area contributed by atoms with Crippen LogP contribution in [0.2, 0.25) is 0 Å². The lowest BCUT2D eigenvalue weighted by molar-refractivity contribution is -0.286. The van der Waals surface area contributed by atoms with Crippen LogP contribution in [0.3, 0.4) is 0 Å². The second-order valence-electron chi connectivity index (χ2n) is 6.58. The first kappa shape index (κ1) is 17.1. The molecule has 0 aromatic rings. The highest BCUT2D eigenvalue weighted by Gasteiger charge is 2.41. The Balaban J connectivity index is 2.02. The van der Waals surface area contributed by atoms with Crippen LogP contribution < -0.4 is 0 Å². The van der Waals surface area contributed by atoms with Crippen LogP contribution in [-0.2, 0) is 14.2 Å². The summed E-state index contributed by atoms with van der Waals surface area (Å²) in [6, 6.07) is 0.242. The Morgan fingerprint density at radius 2 is 1.67 bits per heavy atom. The predicted octanol–water partition coefficient (Wildman–Crippen LogP) is 0.356. The monoisotopic (exact) mass is 303 g/mol. The Bertz CT molecular complexity index is 328. The Morgan fingerprint density at radius 1 is 1.00 bits per heavy atom. The van der Waals surface area contributed by atoms with Gasteiger partial charge >= 0.3 is 0 Å². The molecule has 2 fully saturated rings. The van der Waals surface area contributed by atoms with Crippen LogP contribution in [0.1, 0.15) is 33.6 Å². The van der Waals surface area contributed by atoms with E-state index in [-0.39, 0.29) is 30.8 Å². The lowest BCUT2D eigenvalue weighted by Gasteiger charge is -2.45. The number of rotatable bonds is 3. The fraction of sp³-hybridized carbons (Fsp3) is 1.00.